The van der Waals surface area contributed by atoms with Crippen molar-refractivity contribution >= 4 is 33.3 Å². The van der Waals surface area contributed by atoms with Crippen molar-refractivity contribution in [3.8, 4) is 0 Å². The van der Waals surface area contributed by atoms with Gasteiger partial charge in [-0.1, -0.05) is 41.4 Å². The maximum atomic E-state index is 5.38. The van der Waals surface area contributed by atoms with Crippen LogP contribution in [0, 0.1) is 0 Å². The SMILES string of the molecule is CCCCN1N[C@](C)(c2cccc(Br)c2)NC1=S. The molecule has 1 heterocycles. The highest BCUT2D eigenvalue weighted by Gasteiger charge is 2.36. The molecule has 0 bridgehead atoms. The number of hydrazine groups is 1. The van der Waals surface area contributed by atoms with E-state index in [4.69, 9.17) is 12.2 Å². The number of rotatable bonds is 4. The van der Waals surface area contributed by atoms with Gasteiger partial charge in [-0.2, -0.15) is 0 Å². The van der Waals surface area contributed by atoms with Gasteiger partial charge in [0.2, 0.25) is 0 Å². The number of unbranched alkanes of at least 4 members (excludes halogenated alkanes) is 1. The highest BCUT2D eigenvalue weighted by atomic mass is 79.9. The minimum atomic E-state index is -0.325. The molecule has 5 heteroatoms. The fourth-order valence-corrected chi connectivity index (χ4v) is 2.78. The third kappa shape index (κ3) is 2.84. The first kappa shape index (κ1) is 13.8. The monoisotopic (exact) mass is 327 g/mol. The van der Waals surface area contributed by atoms with E-state index in [1.807, 2.05) is 17.1 Å². The van der Waals surface area contributed by atoms with Gasteiger partial charge in [0, 0.05) is 11.0 Å². The summed E-state index contributed by atoms with van der Waals surface area (Å²) in [5, 5.41) is 6.16. The summed E-state index contributed by atoms with van der Waals surface area (Å²) in [5.41, 5.74) is 4.30. The van der Waals surface area contributed by atoms with Crippen LogP contribution in [0.25, 0.3) is 0 Å². The minimum absolute atomic E-state index is 0.325. The van der Waals surface area contributed by atoms with Crippen molar-refractivity contribution in [1.29, 1.82) is 0 Å². The van der Waals surface area contributed by atoms with E-state index in [0.29, 0.717) is 0 Å². The van der Waals surface area contributed by atoms with E-state index in [-0.39, 0.29) is 5.66 Å². The molecule has 0 saturated carbocycles. The molecule has 2 rings (SSSR count). The molecule has 0 unspecified atom stereocenters. The van der Waals surface area contributed by atoms with E-state index >= 15 is 0 Å². The Morgan fingerprint density at radius 3 is 2.89 bits per heavy atom. The lowest BCUT2D eigenvalue weighted by molar-refractivity contribution is 0.233. The molecule has 18 heavy (non-hydrogen) atoms. The van der Waals surface area contributed by atoms with Gasteiger partial charge in [0.1, 0.15) is 5.66 Å². The van der Waals surface area contributed by atoms with Crippen molar-refractivity contribution in [2.75, 3.05) is 6.54 Å². The average molecular weight is 328 g/mol. The second-order valence-electron chi connectivity index (χ2n) is 4.68. The van der Waals surface area contributed by atoms with Crippen LogP contribution in [0.1, 0.15) is 32.3 Å². The summed E-state index contributed by atoms with van der Waals surface area (Å²) in [5.74, 6) is 0. The Balaban J connectivity index is 2.16. The number of halogens is 1. The van der Waals surface area contributed by atoms with Crippen molar-refractivity contribution in [1.82, 2.24) is 15.8 Å². The van der Waals surface area contributed by atoms with Crippen LogP contribution >= 0.6 is 28.1 Å². The minimum Gasteiger partial charge on any atom is -0.338 e. The van der Waals surface area contributed by atoms with Crippen LogP contribution < -0.4 is 10.7 Å². The quantitative estimate of drug-likeness (QED) is 0.831. The standard InChI is InChI=1S/C13H18BrN3S/c1-3-4-8-17-12(18)15-13(2,16-17)10-6-5-7-11(14)9-10/h5-7,9,16H,3-4,8H2,1-2H3,(H,15,18)/t13-/m1/s1. The molecule has 1 saturated heterocycles. The second-order valence-corrected chi connectivity index (χ2v) is 5.98. The van der Waals surface area contributed by atoms with E-state index in [2.05, 4.69) is 52.7 Å². The molecule has 0 aromatic heterocycles. The predicted octanol–water partition coefficient (Wildman–Crippen LogP) is 3.12. The molecular weight excluding hydrogens is 310 g/mol. The molecule has 0 radical (unpaired) electrons. The number of hydrogen-bond acceptors (Lipinski definition) is 2. The third-order valence-electron chi connectivity index (χ3n) is 3.10. The van der Waals surface area contributed by atoms with Crippen LogP contribution in [0.4, 0.5) is 0 Å². The summed E-state index contributed by atoms with van der Waals surface area (Å²) in [6.07, 6.45) is 2.29. The summed E-state index contributed by atoms with van der Waals surface area (Å²) in [6, 6.07) is 8.25. The van der Waals surface area contributed by atoms with E-state index in [9.17, 15) is 0 Å². The highest BCUT2D eigenvalue weighted by molar-refractivity contribution is 9.10. The lowest BCUT2D eigenvalue weighted by Gasteiger charge is -2.26. The number of nitrogens with one attached hydrogen (secondary N) is 2. The van der Waals surface area contributed by atoms with Crippen LogP contribution in [-0.2, 0) is 5.66 Å². The summed E-state index contributed by atoms with van der Waals surface area (Å²) < 4.78 is 1.07. The first-order valence-corrected chi connectivity index (χ1v) is 7.39. The molecule has 1 aliphatic rings. The van der Waals surface area contributed by atoms with Gasteiger partial charge in [-0.3, -0.25) is 5.01 Å². The summed E-state index contributed by atoms with van der Waals surface area (Å²) in [4.78, 5) is 0. The Bertz CT molecular complexity index is 452. The molecule has 0 aliphatic carbocycles. The van der Waals surface area contributed by atoms with Crippen LogP contribution in [0.15, 0.2) is 28.7 Å². The number of hydrogen-bond donors (Lipinski definition) is 2. The van der Waals surface area contributed by atoms with Crippen molar-refractivity contribution in [3.63, 3.8) is 0 Å². The Kier molecular flexibility index (Phi) is 4.25. The van der Waals surface area contributed by atoms with Crippen LogP contribution in [0.2, 0.25) is 0 Å². The maximum absolute atomic E-state index is 5.38. The molecule has 1 atom stereocenters. The van der Waals surface area contributed by atoms with Crippen molar-refractivity contribution in [3.05, 3.63) is 34.3 Å². The molecule has 1 aromatic rings. The maximum Gasteiger partial charge on any atom is 0.185 e. The number of nitrogens with zero attached hydrogens (tertiary/aromatic N) is 1. The number of benzene rings is 1. The molecule has 3 nitrogen and oxygen atoms in total. The van der Waals surface area contributed by atoms with Crippen LogP contribution in [0.5, 0.6) is 0 Å². The summed E-state index contributed by atoms with van der Waals surface area (Å²) in [6.45, 7) is 5.22. The molecule has 1 aromatic carbocycles. The number of thiocarbonyl (C=S) groups is 1. The zero-order valence-corrected chi connectivity index (χ0v) is 13.1. The summed E-state index contributed by atoms with van der Waals surface area (Å²) in [7, 11) is 0. The Morgan fingerprint density at radius 1 is 1.44 bits per heavy atom. The molecule has 98 valence electrons. The molecule has 2 N–H and O–H groups in total. The highest BCUT2D eigenvalue weighted by Crippen LogP contribution is 2.25. The average Bonchev–Trinajstić information content (AvgIpc) is 2.63. The van der Waals surface area contributed by atoms with E-state index < -0.39 is 0 Å². The zero-order valence-electron chi connectivity index (χ0n) is 10.7. The van der Waals surface area contributed by atoms with Crippen molar-refractivity contribution in [2.45, 2.75) is 32.4 Å². The fourth-order valence-electron chi connectivity index (χ4n) is 2.04. The molecule has 1 aliphatic heterocycles. The Morgan fingerprint density at radius 2 is 2.22 bits per heavy atom. The topological polar surface area (TPSA) is 27.3 Å². The van der Waals surface area contributed by atoms with Crippen molar-refractivity contribution < 1.29 is 0 Å². The lowest BCUT2D eigenvalue weighted by Crippen LogP contribution is -2.45. The van der Waals surface area contributed by atoms with Gasteiger partial charge in [-0.15, -0.1) is 0 Å². The van der Waals surface area contributed by atoms with Crippen LogP contribution in [0.3, 0.4) is 0 Å². The van der Waals surface area contributed by atoms with Gasteiger partial charge in [-0.05, 0) is 43.3 Å². The molecule has 0 spiro atoms. The van der Waals surface area contributed by atoms with Gasteiger partial charge in [0.25, 0.3) is 0 Å². The lowest BCUT2D eigenvalue weighted by atomic mass is 10.0. The zero-order chi connectivity index (χ0) is 13.2. The fraction of sp³-hybridized carbons (Fsp3) is 0.462. The van der Waals surface area contributed by atoms with Gasteiger partial charge < -0.3 is 5.32 Å². The first-order valence-electron chi connectivity index (χ1n) is 6.19. The van der Waals surface area contributed by atoms with Crippen LogP contribution in [-0.4, -0.2) is 16.7 Å². The Hall–Kier alpha value is -0.650. The largest absolute Gasteiger partial charge is 0.338 e. The Labute approximate surface area is 122 Å². The second kappa shape index (κ2) is 5.55. The first-order chi connectivity index (χ1) is 8.55. The van der Waals surface area contributed by atoms with Gasteiger partial charge in [-0.25, -0.2) is 5.43 Å². The van der Waals surface area contributed by atoms with Gasteiger partial charge in [0.15, 0.2) is 5.11 Å². The van der Waals surface area contributed by atoms with E-state index in [1.165, 1.54) is 5.56 Å². The van der Waals surface area contributed by atoms with Gasteiger partial charge >= 0.3 is 0 Å². The van der Waals surface area contributed by atoms with E-state index in [1.54, 1.807) is 0 Å². The van der Waals surface area contributed by atoms with Crippen molar-refractivity contribution in [2.24, 2.45) is 0 Å². The van der Waals surface area contributed by atoms with E-state index in [0.717, 1.165) is 29.0 Å². The predicted molar refractivity (Wildman–Crippen MR) is 82.0 cm³/mol. The normalized spacial score (nSPS) is 23.3. The molecule has 1 fully saturated rings. The molecule has 0 amide bonds. The smallest absolute Gasteiger partial charge is 0.185 e. The van der Waals surface area contributed by atoms with Gasteiger partial charge in [0.05, 0.1) is 0 Å². The summed E-state index contributed by atoms with van der Waals surface area (Å²) >= 11 is 8.88. The third-order valence-corrected chi connectivity index (χ3v) is 3.91. The molecular formula is C13H18BrN3S.